The molecule has 2 atom stereocenters. The van der Waals surface area contributed by atoms with Crippen molar-refractivity contribution in [1.29, 1.82) is 0 Å². The van der Waals surface area contributed by atoms with Crippen LogP contribution < -0.4 is 10.6 Å². The summed E-state index contributed by atoms with van der Waals surface area (Å²) in [4.78, 5) is 1.33. The van der Waals surface area contributed by atoms with Gasteiger partial charge in [0.2, 0.25) is 0 Å². The molecular formula is C32H30N2S. The van der Waals surface area contributed by atoms with Crippen LogP contribution in [0.4, 0.5) is 11.4 Å². The number of thioether (sulfide) groups is 1. The summed E-state index contributed by atoms with van der Waals surface area (Å²) in [6.45, 7) is 8.63. The number of nitrogens with one attached hydrogen (secondary N) is 2. The fourth-order valence-corrected chi connectivity index (χ4v) is 7.35. The maximum absolute atomic E-state index is 3.85. The lowest BCUT2D eigenvalue weighted by Crippen LogP contribution is -2.48. The van der Waals surface area contributed by atoms with Crippen molar-refractivity contribution in [3.05, 3.63) is 136 Å². The number of allylic oxidation sites excluding steroid dienone is 4. The Morgan fingerprint density at radius 3 is 2.14 bits per heavy atom. The van der Waals surface area contributed by atoms with Gasteiger partial charge in [-0.25, -0.2) is 0 Å². The molecule has 0 fully saturated rings. The van der Waals surface area contributed by atoms with Crippen molar-refractivity contribution in [2.45, 2.75) is 42.8 Å². The number of fused-ring (bicyclic) bond motifs is 1. The summed E-state index contributed by atoms with van der Waals surface area (Å²) < 4.78 is -0.248. The molecule has 35 heavy (non-hydrogen) atoms. The first-order valence-corrected chi connectivity index (χ1v) is 13.0. The van der Waals surface area contributed by atoms with Gasteiger partial charge in [-0.15, -0.1) is 11.8 Å². The van der Waals surface area contributed by atoms with E-state index >= 15 is 0 Å². The molecule has 1 heterocycles. The zero-order chi connectivity index (χ0) is 24.2. The molecule has 3 aromatic carbocycles. The van der Waals surface area contributed by atoms with Crippen molar-refractivity contribution >= 4 is 23.1 Å². The molecular weight excluding hydrogens is 444 g/mol. The number of anilines is 2. The molecule has 0 radical (unpaired) electrons. The Bertz CT molecular complexity index is 1470. The van der Waals surface area contributed by atoms with E-state index in [9.17, 15) is 0 Å². The highest BCUT2D eigenvalue weighted by Crippen LogP contribution is 2.64. The number of hydrogen-bond donors (Lipinski definition) is 2. The zero-order valence-corrected chi connectivity index (χ0v) is 21.5. The van der Waals surface area contributed by atoms with Gasteiger partial charge in [-0.2, -0.15) is 0 Å². The Morgan fingerprint density at radius 2 is 1.43 bits per heavy atom. The van der Waals surface area contributed by atoms with E-state index in [2.05, 4.69) is 135 Å². The first kappa shape index (κ1) is 22.1. The van der Waals surface area contributed by atoms with Crippen LogP contribution in [0, 0.1) is 27.7 Å². The summed E-state index contributed by atoms with van der Waals surface area (Å²) in [5.74, 6) is 0. The third-order valence-corrected chi connectivity index (χ3v) is 8.92. The molecule has 0 spiro atoms. The van der Waals surface area contributed by atoms with Crippen molar-refractivity contribution in [2.75, 3.05) is 10.6 Å². The van der Waals surface area contributed by atoms with Gasteiger partial charge < -0.3 is 10.6 Å². The molecule has 6 rings (SSSR count). The molecule has 2 aliphatic carbocycles. The minimum absolute atomic E-state index is 0.248. The summed E-state index contributed by atoms with van der Waals surface area (Å²) >= 11 is 1.95. The lowest BCUT2D eigenvalue weighted by Gasteiger charge is -2.46. The van der Waals surface area contributed by atoms with Crippen LogP contribution >= 0.6 is 11.8 Å². The van der Waals surface area contributed by atoms with Gasteiger partial charge in [0.05, 0.1) is 10.2 Å². The molecule has 0 bridgehead atoms. The molecule has 0 aromatic heterocycles. The van der Waals surface area contributed by atoms with Crippen LogP contribution in [-0.4, -0.2) is 4.75 Å². The van der Waals surface area contributed by atoms with E-state index in [1.54, 1.807) is 0 Å². The second-order valence-electron chi connectivity index (χ2n) is 9.96. The van der Waals surface area contributed by atoms with E-state index in [0.29, 0.717) is 0 Å². The van der Waals surface area contributed by atoms with Crippen molar-refractivity contribution < 1.29 is 0 Å². The van der Waals surface area contributed by atoms with Gasteiger partial charge >= 0.3 is 0 Å². The highest BCUT2D eigenvalue weighted by molar-refractivity contribution is 8.01. The van der Waals surface area contributed by atoms with Gasteiger partial charge in [-0.1, -0.05) is 71.8 Å². The monoisotopic (exact) mass is 474 g/mol. The Kier molecular flexibility index (Phi) is 5.08. The van der Waals surface area contributed by atoms with E-state index in [4.69, 9.17) is 0 Å². The lowest BCUT2D eigenvalue weighted by atomic mass is 9.63. The fourth-order valence-electron chi connectivity index (χ4n) is 5.72. The van der Waals surface area contributed by atoms with Gasteiger partial charge in [0.1, 0.15) is 0 Å². The first-order valence-electron chi connectivity index (χ1n) is 12.2. The number of hydrogen-bond acceptors (Lipinski definition) is 3. The number of aryl methyl sites for hydroxylation is 4. The summed E-state index contributed by atoms with van der Waals surface area (Å²) in [5.41, 5.74) is 10.8. The Balaban J connectivity index is 1.45. The van der Waals surface area contributed by atoms with E-state index in [-0.39, 0.29) is 10.2 Å². The van der Waals surface area contributed by atoms with Crippen LogP contribution in [0.2, 0.25) is 0 Å². The molecule has 0 saturated carbocycles. The molecule has 2 nitrogen and oxygen atoms in total. The molecule has 0 amide bonds. The van der Waals surface area contributed by atoms with E-state index in [1.807, 2.05) is 11.8 Å². The summed E-state index contributed by atoms with van der Waals surface area (Å²) in [7, 11) is 0. The van der Waals surface area contributed by atoms with Gasteiger partial charge in [-0.3, -0.25) is 0 Å². The third kappa shape index (κ3) is 3.41. The Labute approximate surface area is 212 Å². The molecule has 2 unspecified atom stereocenters. The van der Waals surface area contributed by atoms with Crippen LogP contribution in [0.5, 0.6) is 0 Å². The standard InChI is InChI=1S/C32H30N2S/c1-21-11-13-27(23(3)18-21)33-25-15-17-32-26-8-5-6-9-29(26)35-31(32,20-25)16-7-10-30(32)34-28-14-12-22(2)19-24(28)4/h5-20,33-34H,1-4H3. The van der Waals surface area contributed by atoms with Crippen molar-refractivity contribution in [3.63, 3.8) is 0 Å². The maximum Gasteiger partial charge on any atom is 0.0779 e. The largest absolute Gasteiger partial charge is 0.358 e. The fraction of sp³-hybridized carbons (Fsp3) is 0.188. The third-order valence-electron chi connectivity index (χ3n) is 7.43. The zero-order valence-electron chi connectivity index (χ0n) is 20.6. The Morgan fingerprint density at radius 1 is 0.743 bits per heavy atom. The molecule has 3 aliphatic rings. The summed E-state index contributed by atoms with van der Waals surface area (Å²) in [5, 5.41) is 7.56. The highest BCUT2D eigenvalue weighted by atomic mass is 32.2. The number of benzene rings is 3. The minimum atomic E-state index is -0.298. The number of rotatable bonds is 4. The second kappa shape index (κ2) is 8.07. The second-order valence-corrected chi connectivity index (χ2v) is 11.3. The van der Waals surface area contributed by atoms with Crippen LogP contribution in [0.15, 0.2) is 113 Å². The minimum Gasteiger partial charge on any atom is -0.358 e. The SMILES string of the molecule is Cc1ccc(NC2=CC34C=CC=C(Nc5ccc(C)cc5C)C3(C=C2)c2ccccc2S4)c(C)c1. The molecule has 0 saturated heterocycles. The van der Waals surface area contributed by atoms with Gasteiger partial charge in [0, 0.05) is 27.7 Å². The average Bonchev–Trinajstić information content (AvgIpc) is 3.14. The van der Waals surface area contributed by atoms with Crippen LogP contribution in [-0.2, 0) is 5.41 Å². The quantitative estimate of drug-likeness (QED) is 0.399. The average molecular weight is 475 g/mol. The highest BCUT2D eigenvalue weighted by Gasteiger charge is 2.59. The van der Waals surface area contributed by atoms with E-state index in [0.717, 1.165) is 17.1 Å². The molecule has 2 N–H and O–H groups in total. The predicted molar refractivity (Wildman–Crippen MR) is 150 cm³/mol. The lowest BCUT2D eigenvalue weighted by molar-refractivity contribution is 0.567. The van der Waals surface area contributed by atoms with E-state index < -0.39 is 0 Å². The molecule has 3 aromatic rings. The van der Waals surface area contributed by atoms with Gasteiger partial charge in [-0.05, 0) is 80.8 Å². The normalized spacial score (nSPS) is 23.7. The predicted octanol–water partition coefficient (Wildman–Crippen LogP) is 8.13. The smallest absolute Gasteiger partial charge is 0.0779 e. The van der Waals surface area contributed by atoms with Crippen molar-refractivity contribution in [3.8, 4) is 0 Å². The summed E-state index contributed by atoms with van der Waals surface area (Å²) in [6.07, 6.45) is 13.9. The first-order chi connectivity index (χ1) is 16.9. The Hall–Kier alpha value is -3.43. The van der Waals surface area contributed by atoms with Crippen LogP contribution in [0.25, 0.3) is 0 Å². The maximum atomic E-state index is 3.85. The van der Waals surface area contributed by atoms with E-state index in [1.165, 1.54) is 38.4 Å². The molecule has 174 valence electrons. The molecule has 1 aliphatic heterocycles. The van der Waals surface area contributed by atoms with Gasteiger partial charge in [0.15, 0.2) is 0 Å². The van der Waals surface area contributed by atoms with Crippen molar-refractivity contribution in [1.82, 2.24) is 0 Å². The van der Waals surface area contributed by atoms with Crippen LogP contribution in [0.1, 0.15) is 27.8 Å². The molecule has 3 heteroatoms. The summed E-state index contributed by atoms with van der Waals surface area (Å²) in [6, 6.07) is 22.1. The topological polar surface area (TPSA) is 24.1 Å². The van der Waals surface area contributed by atoms with Gasteiger partial charge in [0.25, 0.3) is 0 Å². The van der Waals surface area contributed by atoms with Crippen LogP contribution in [0.3, 0.4) is 0 Å². The van der Waals surface area contributed by atoms with Crippen molar-refractivity contribution in [2.24, 2.45) is 0 Å².